The van der Waals surface area contributed by atoms with Crippen LogP contribution in [0.4, 0.5) is 34.1 Å². The summed E-state index contributed by atoms with van der Waals surface area (Å²) in [7, 11) is 0. The molecule has 20 aromatic rings. The van der Waals surface area contributed by atoms with Gasteiger partial charge in [0.05, 0.1) is 17.6 Å². The van der Waals surface area contributed by atoms with Gasteiger partial charge in [0.25, 0.3) is 0 Å². The van der Waals surface area contributed by atoms with Crippen molar-refractivity contribution in [3.8, 4) is 145 Å². The number of anilines is 6. The number of pyridine rings is 2. The number of aromatic nitrogens is 2. The third-order valence-electron chi connectivity index (χ3n) is 26.6. The van der Waals surface area contributed by atoms with E-state index < -0.39 is 0 Å². The molecule has 0 fully saturated rings. The van der Waals surface area contributed by atoms with Gasteiger partial charge in [0.15, 0.2) is 0 Å². The molecule has 0 aliphatic heterocycles. The molecule has 0 saturated carbocycles. The van der Waals surface area contributed by atoms with E-state index in [0.717, 1.165) is 62.1 Å². The van der Waals surface area contributed by atoms with Crippen molar-refractivity contribution in [2.45, 2.75) is 38.5 Å². The zero-order valence-corrected chi connectivity index (χ0v) is 66.9. The second-order valence-electron chi connectivity index (χ2n) is 33.7. The van der Waals surface area contributed by atoms with Crippen LogP contribution in [0.25, 0.3) is 188 Å². The van der Waals surface area contributed by atoms with Crippen molar-refractivity contribution >= 4 is 77.2 Å². The summed E-state index contributed by atoms with van der Waals surface area (Å²) in [6.07, 6.45) is 5.89. The van der Waals surface area contributed by atoms with Crippen LogP contribution in [0.15, 0.2) is 401 Å². The second-order valence-corrected chi connectivity index (χ2v) is 33.7. The smallest absolute Gasteiger partial charge is 0.0703 e. The monoisotopic (exact) mass is 1530 g/mol. The van der Waals surface area contributed by atoms with Gasteiger partial charge in [-0.1, -0.05) is 331 Å². The first-order chi connectivity index (χ1) is 59.1. The number of nitrogens with zero attached hydrogens (tertiary/aromatic N) is 4. The fourth-order valence-corrected chi connectivity index (χ4v) is 21.3. The molecule has 2 aromatic heterocycles. The Balaban J connectivity index is 0.643. The van der Waals surface area contributed by atoms with Crippen molar-refractivity contribution in [2.24, 2.45) is 0 Å². The molecular weight excluding hydrogens is 1450 g/mol. The maximum atomic E-state index is 5.60. The summed E-state index contributed by atoms with van der Waals surface area (Å²) in [6, 6.07) is 143. The Bertz CT molecular complexity index is 7580. The van der Waals surface area contributed by atoms with E-state index in [1.807, 2.05) is 12.4 Å². The van der Waals surface area contributed by atoms with Crippen molar-refractivity contribution < 1.29 is 0 Å². The zero-order chi connectivity index (χ0) is 79.6. The summed E-state index contributed by atoms with van der Waals surface area (Å²) in [4.78, 5) is 14.9. The van der Waals surface area contributed by atoms with E-state index in [1.54, 1.807) is 0 Å². The van der Waals surface area contributed by atoms with Gasteiger partial charge in [0.1, 0.15) is 0 Å². The number of hydrogen-bond donors (Lipinski definition) is 0. The van der Waals surface area contributed by atoms with E-state index >= 15 is 0 Å². The van der Waals surface area contributed by atoms with E-state index in [9.17, 15) is 0 Å². The summed E-state index contributed by atoms with van der Waals surface area (Å²) in [5.41, 5.74) is 42.8. The maximum Gasteiger partial charge on any atom is 0.0703 e. The highest BCUT2D eigenvalue weighted by Crippen LogP contribution is 2.63. The zero-order valence-electron chi connectivity index (χ0n) is 66.9. The van der Waals surface area contributed by atoms with Crippen LogP contribution in [0.2, 0.25) is 0 Å². The minimum atomic E-state index is -0.228. The van der Waals surface area contributed by atoms with E-state index in [2.05, 4.69) is 431 Å². The first kappa shape index (κ1) is 69.2. The fraction of sp³-hybridized carbons (Fsp3) is 0.0517. The van der Waals surface area contributed by atoms with Gasteiger partial charge in [-0.25, -0.2) is 0 Å². The Labute approximate surface area is 698 Å². The summed E-state index contributed by atoms with van der Waals surface area (Å²) in [6.45, 7) is 9.46. The number of rotatable bonds is 13. The molecule has 0 amide bonds. The topological polar surface area (TPSA) is 32.3 Å². The molecule has 0 N–H and O–H groups in total. The van der Waals surface area contributed by atoms with Crippen LogP contribution < -0.4 is 9.80 Å². The van der Waals surface area contributed by atoms with E-state index in [1.165, 1.54) is 182 Å². The van der Waals surface area contributed by atoms with Crippen molar-refractivity contribution in [3.63, 3.8) is 0 Å². The van der Waals surface area contributed by atoms with Gasteiger partial charge in [-0.3, -0.25) is 9.97 Å². The standard InChI is InChI=1S/C116H78N4/c1-115(2)100-47-21-19-39-86(100)88-54-50-81(68-102(88)115)119(78-61-63-117-64-62-78)79-37-23-35-75(65-79)84-57-59-98-110-91(84)44-26-46-96(110)112-108(74-33-15-8-16-34-74)99-67-77(49-53-94(99)107(114(98)112)73-31-13-7-14-32-73)104-60-52-83(70-118-104)120(82-51-55-89-87-40-20-22-48-101(87)116(3,4)103(89)69-82)80-38-24-36-76(66-80)85-56-58-97-109-90(85)43-25-45-95(109)111-105(71-27-9-5-10-28-71)92-41-17-18-42-93(92)106(113(97)111)72-29-11-6-12-30-72/h5-70H,1-4H3. The molecule has 0 spiro atoms. The number of fused-ring (bicyclic) bond motifs is 14. The highest BCUT2D eigenvalue weighted by atomic mass is 15.2. The first-order valence-electron chi connectivity index (χ1n) is 41.8. The lowest BCUT2D eigenvalue weighted by Gasteiger charge is -2.28. The Hall–Kier alpha value is -15.1. The van der Waals surface area contributed by atoms with Gasteiger partial charge < -0.3 is 9.80 Å². The van der Waals surface area contributed by atoms with Crippen molar-refractivity contribution in [1.82, 2.24) is 9.97 Å². The lowest BCUT2D eigenvalue weighted by molar-refractivity contribution is 0.660. The lowest BCUT2D eigenvalue weighted by atomic mass is 9.82. The van der Waals surface area contributed by atoms with E-state index in [0.29, 0.717) is 0 Å². The molecule has 562 valence electrons. The average Bonchev–Trinajstić information content (AvgIpc) is 1.54. The summed E-state index contributed by atoms with van der Waals surface area (Å²) >= 11 is 0. The van der Waals surface area contributed by atoms with E-state index in [-0.39, 0.29) is 10.8 Å². The maximum absolute atomic E-state index is 5.60. The Kier molecular flexibility index (Phi) is 15.4. The number of hydrogen-bond acceptors (Lipinski definition) is 4. The predicted molar refractivity (Wildman–Crippen MR) is 503 cm³/mol. The lowest BCUT2D eigenvalue weighted by Crippen LogP contribution is -2.16. The molecule has 0 radical (unpaired) electrons. The van der Waals surface area contributed by atoms with Crippen LogP contribution >= 0.6 is 0 Å². The molecule has 18 aromatic carbocycles. The van der Waals surface area contributed by atoms with Gasteiger partial charge in [-0.15, -0.1) is 0 Å². The average molecular weight is 1530 g/mol. The molecule has 0 atom stereocenters. The molecule has 2 heterocycles. The second kappa shape index (κ2) is 26.7. The summed E-state index contributed by atoms with van der Waals surface area (Å²) in [5.74, 6) is 0. The minimum absolute atomic E-state index is 0.161. The highest BCUT2D eigenvalue weighted by molar-refractivity contribution is 6.31. The van der Waals surface area contributed by atoms with Crippen molar-refractivity contribution in [1.29, 1.82) is 0 Å². The largest absolute Gasteiger partial charge is 0.310 e. The quantitative estimate of drug-likeness (QED) is 0.115. The predicted octanol–water partition coefficient (Wildman–Crippen LogP) is 31.6. The van der Waals surface area contributed by atoms with Crippen LogP contribution in [0.3, 0.4) is 0 Å². The van der Waals surface area contributed by atoms with Crippen LogP contribution in [-0.2, 0) is 10.8 Å². The van der Waals surface area contributed by atoms with Gasteiger partial charge in [0.2, 0.25) is 0 Å². The normalized spacial score (nSPS) is 13.1. The van der Waals surface area contributed by atoms with Gasteiger partial charge >= 0.3 is 0 Å². The van der Waals surface area contributed by atoms with Crippen molar-refractivity contribution in [3.05, 3.63) is 423 Å². The van der Waals surface area contributed by atoms with Crippen LogP contribution in [0.1, 0.15) is 49.9 Å². The molecule has 24 rings (SSSR count). The third-order valence-corrected chi connectivity index (χ3v) is 26.6. The molecule has 0 unspecified atom stereocenters. The first-order valence-corrected chi connectivity index (χ1v) is 41.8. The molecule has 0 bridgehead atoms. The van der Waals surface area contributed by atoms with E-state index in [4.69, 9.17) is 4.98 Å². The van der Waals surface area contributed by atoms with Gasteiger partial charge in [-0.05, 0) is 278 Å². The molecule has 0 saturated heterocycles. The molecule has 120 heavy (non-hydrogen) atoms. The van der Waals surface area contributed by atoms with Crippen LogP contribution in [0, 0.1) is 0 Å². The minimum Gasteiger partial charge on any atom is -0.310 e. The molecular formula is C116H78N4. The SMILES string of the molecule is CC1(C)c2ccccc2-c2ccc(N(c3ccncc3)c3cccc(-c4ccc5c6c(cccc46)-c4c-5c(-c5ccccc5)c5ccc(-c6ccc(N(c7cccc(-c8ccc9c%10c(cccc8%10)-c8c-9c(-c9ccccc9)c9ccccc9c8-c8ccccc8)c7)c7ccc8c(c7)C(C)(C)c7ccccc7-8)cn6)cc5c4-c4ccccc4)c3)cc21. The van der Waals surface area contributed by atoms with Gasteiger partial charge in [-0.2, -0.15) is 0 Å². The summed E-state index contributed by atoms with van der Waals surface area (Å²) < 4.78 is 0. The van der Waals surface area contributed by atoms with Gasteiger partial charge in [0, 0.05) is 57.2 Å². The molecule has 4 aliphatic carbocycles. The fourth-order valence-electron chi connectivity index (χ4n) is 21.3. The highest BCUT2D eigenvalue weighted by Gasteiger charge is 2.40. The molecule has 4 nitrogen and oxygen atoms in total. The molecule has 4 aliphatic rings. The molecule has 4 heteroatoms. The van der Waals surface area contributed by atoms with Crippen molar-refractivity contribution in [2.75, 3.05) is 9.80 Å². The van der Waals surface area contributed by atoms with Crippen LogP contribution in [-0.4, -0.2) is 9.97 Å². The Morgan fingerprint density at radius 2 is 0.542 bits per heavy atom. The summed E-state index contributed by atoms with van der Waals surface area (Å²) in [5, 5.41) is 9.84. The number of benzene rings is 18. The van der Waals surface area contributed by atoms with Crippen LogP contribution in [0.5, 0.6) is 0 Å². The Morgan fingerprint density at radius 3 is 1.00 bits per heavy atom. The Morgan fingerprint density at radius 1 is 0.200 bits per heavy atom. The third kappa shape index (κ3) is 10.4.